The van der Waals surface area contributed by atoms with E-state index in [0.717, 1.165) is 0 Å². The number of rotatable bonds is 4. The first kappa shape index (κ1) is 19.4. The molecule has 1 amide bonds. The van der Waals surface area contributed by atoms with Gasteiger partial charge in [0.2, 0.25) is 0 Å². The molecular weight excluding hydrogens is 383 g/mol. The molecule has 0 radical (unpaired) electrons. The van der Waals surface area contributed by atoms with Crippen LogP contribution in [-0.2, 0) is 7.05 Å². The van der Waals surface area contributed by atoms with Crippen LogP contribution in [0.15, 0.2) is 77.6 Å². The second-order valence-corrected chi connectivity index (χ2v) is 6.79. The highest BCUT2D eigenvalue weighted by Crippen LogP contribution is 2.30. The number of methoxy groups -OCH3 is 1. The van der Waals surface area contributed by atoms with Crippen molar-refractivity contribution in [2.45, 2.75) is 0 Å². The molecule has 0 unspecified atom stereocenters. The predicted octanol–water partition coefficient (Wildman–Crippen LogP) is 4.61. The maximum atomic E-state index is 14.2. The van der Waals surface area contributed by atoms with Crippen molar-refractivity contribution in [2.75, 3.05) is 12.4 Å². The minimum Gasteiger partial charge on any atom is -0.497 e. The van der Waals surface area contributed by atoms with Crippen molar-refractivity contribution in [2.24, 2.45) is 7.05 Å². The van der Waals surface area contributed by atoms with Gasteiger partial charge in [0.15, 0.2) is 5.43 Å². The fraction of sp³-hybridized carbons (Fsp3) is 0.0833. The molecule has 1 aromatic heterocycles. The number of carbonyl (C=O) groups is 1. The zero-order valence-corrected chi connectivity index (χ0v) is 16.5. The average Bonchev–Trinajstić information content (AvgIpc) is 2.77. The number of nitrogens with zero attached hydrogens (tertiary/aromatic N) is 1. The summed E-state index contributed by atoms with van der Waals surface area (Å²) in [5.74, 6) is -0.416. The van der Waals surface area contributed by atoms with Crippen molar-refractivity contribution in [3.63, 3.8) is 0 Å². The van der Waals surface area contributed by atoms with Crippen LogP contribution >= 0.6 is 0 Å². The summed E-state index contributed by atoms with van der Waals surface area (Å²) in [5.41, 5.74) is 1.21. The van der Waals surface area contributed by atoms with Gasteiger partial charge in [0.25, 0.3) is 5.91 Å². The fourth-order valence-corrected chi connectivity index (χ4v) is 3.50. The van der Waals surface area contributed by atoms with Gasteiger partial charge in [-0.3, -0.25) is 9.59 Å². The fourth-order valence-electron chi connectivity index (χ4n) is 3.50. The number of aryl methyl sites for hydroxylation is 1. The van der Waals surface area contributed by atoms with E-state index >= 15 is 0 Å². The van der Waals surface area contributed by atoms with Gasteiger partial charge in [-0.2, -0.15) is 0 Å². The molecule has 0 saturated heterocycles. The maximum absolute atomic E-state index is 14.2. The Hall–Kier alpha value is -3.93. The monoisotopic (exact) mass is 402 g/mol. The number of benzene rings is 3. The van der Waals surface area contributed by atoms with E-state index in [9.17, 15) is 14.0 Å². The summed E-state index contributed by atoms with van der Waals surface area (Å²) in [6, 6.07) is 19.9. The molecule has 0 bridgehead atoms. The number of hydrogen-bond acceptors (Lipinski definition) is 3. The number of anilines is 1. The van der Waals surface area contributed by atoms with Crippen molar-refractivity contribution < 1.29 is 13.9 Å². The highest BCUT2D eigenvalue weighted by atomic mass is 19.1. The lowest BCUT2D eigenvalue weighted by Gasteiger charge is -2.18. The Kier molecular flexibility index (Phi) is 5.06. The number of aromatic nitrogens is 1. The van der Waals surface area contributed by atoms with Crippen LogP contribution in [0, 0.1) is 5.82 Å². The summed E-state index contributed by atoms with van der Waals surface area (Å²) in [7, 11) is 3.29. The van der Waals surface area contributed by atoms with E-state index < -0.39 is 11.7 Å². The Morgan fingerprint density at radius 1 is 1.00 bits per heavy atom. The van der Waals surface area contributed by atoms with Gasteiger partial charge in [-0.05, 0) is 42.0 Å². The SMILES string of the molecule is COc1cccc(-c2c(NC(=O)c3ccccc3F)n(C)c3ccccc3c2=O)c1. The normalized spacial score (nSPS) is 10.8. The summed E-state index contributed by atoms with van der Waals surface area (Å²) in [6.07, 6.45) is 0. The van der Waals surface area contributed by atoms with Crippen molar-refractivity contribution in [3.8, 4) is 16.9 Å². The molecule has 3 aromatic carbocycles. The van der Waals surface area contributed by atoms with Crippen LogP contribution in [0.1, 0.15) is 10.4 Å². The summed E-state index contributed by atoms with van der Waals surface area (Å²) >= 11 is 0. The number of hydrogen-bond donors (Lipinski definition) is 1. The number of pyridine rings is 1. The number of fused-ring (bicyclic) bond motifs is 1. The van der Waals surface area contributed by atoms with E-state index in [0.29, 0.717) is 27.8 Å². The molecule has 4 rings (SSSR count). The Bertz CT molecular complexity index is 1330. The molecule has 1 heterocycles. The molecule has 150 valence electrons. The molecule has 0 aliphatic heterocycles. The van der Waals surface area contributed by atoms with Gasteiger partial charge in [-0.1, -0.05) is 36.4 Å². The third kappa shape index (κ3) is 3.33. The lowest BCUT2D eigenvalue weighted by atomic mass is 10.0. The van der Waals surface area contributed by atoms with Crippen molar-refractivity contribution in [3.05, 3.63) is 94.4 Å². The molecule has 0 aliphatic rings. The zero-order valence-electron chi connectivity index (χ0n) is 16.5. The number of para-hydroxylation sites is 1. The van der Waals surface area contributed by atoms with E-state index in [1.165, 1.54) is 18.2 Å². The van der Waals surface area contributed by atoms with Gasteiger partial charge in [-0.25, -0.2) is 4.39 Å². The summed E-state index contributed by atoms with van der Waals surface area (Å²) in [4.78, 5) is 26.3. The number of carbonyl (C=O) groups excluding carboxylic acids is 1. The summed E-state index contributed by atoms with van der Waals surface area (Å²) in [5, 5.41) is 3.26. The first-order valence-electron chi connectivity index (χ1n) is 9.33. The molecule has 1 N–H and O–H groups in total. The topological polar surface area (TPSA) is 60.3 Å². The number of halogens is 1. The van der Waals surface area contributed by atoms with Crippen LogP contribution in [0.3, 0.4) is 0 Å². The number of ether oxygens (including phenoxy) is 1. The van der Waals surface area contributed by atoms with Crippen molar-refractivity contribution in [1.29, 1.82) is 0 Å². The van der Waals surface area contributed by atoms with Crippen LogP contribution < -0.4 is 15.5 Å². The van der Waals surface area contributed by atoms with Crippen LogP contribution in [0.4, 0.5) is 10.2 Å². The van der Waals surface area contributed by atoms with Crippen molar-refractivity contribution >= 4 is 22.6 Å². The van der Waals surface area contributed by atoms with Crippen molar-refractivity contribution in [1.82, 2.24) is 4.57 Å². The summed E-state index contributed by atoms with van der Waals surface area (Å²) in [6.45, 7) is 0. The average molecular weight is 402 g/mol. The Morgan fingerprint density at radius 3 is 2.50 bits per heavy atom. The summed E-state index contributed by atoms with van der Waals surface area (Å²) < 4.78 is 21.2. The standard InChI is InChI=1S/C24H19FN2O3/c1-27-20-13-6-4-11-18(20)22(28)21(15-8-7-9-16(14-15)30-2)23(27)26-24(29)17-10-3-5-12-19(17)25/h3-14H,1-2H3,(H,26,29). The van der Waals surface area contributed by atoms with E-state index in [4.69, 9.17) is 4.74 Å². The predicted molar refractivity (Wildman–Crippen MR) is 116 cm³/mol. The first-order chi connectivity index (χ1) is 14.5. The molecule has 0 spiro atoms. The van der Waals surface area contributed by atoms with Gasteiger partial charge in [0.05, 0.1) is 23.8 Å². The van der Waals surface area contributed by atoms with Gasteiger partial charge in [0.1, 0.15) is 17.4 Å². The second kappa shape index (κ2) is 7.83. The molecule has 0 atom stereocenters. The lowest BCUT2D eigenvalue weighted by molar-refractivity contribution is 0.102. The van der Waals surface area contributed by atoms with E-state index in [-0.39, 0.29) is 16.8 Å². The highest BCUT2D eigenvalue weighted by Gasteiger charge is 2.20. The van der Waals surface area contributed by atoms with E-state index in [2.05, 4.69) is 5.32 Å². The largest absolute Gasteiger partial charge is 0.497 e. The third-order valence-electron chi connectivity index (χ3n) is 5.02. The van der Waals surface area contributed by atoms with Gasteiger partial charge >= 0.3 is 0 Å². The molecule has 0 aliphatic carbocycles. The molecule has 30 heavy (non-hydrogen) atoms. The molecule has 4 aromatic rings. The number of nitrogens with one attached hydrogen (secondary N) is 1. The Morgan fingerprint density at radius 2 is 1.73 bits per heavy atom. The van der Waals surface area contributed by atoms with Gasteiger partial charge < -0.3 is 14.6 Å². The third-order valence-corrected chi connectivity index (χ3v) is 5.02. The zero-order chi connectivity index (χ0) is 21.3. The lowest BCUT2D eigenvalue weighted by Crippen LogP contribution is -2.22. The molecule has 0 fully saturated rings. The minimum absolute atomic E-state index is 0.102. The molecule has 6 heteroatoms. The van der Waals surface area contributed by atoms with Crippen LogP contribution in [-0.4, -0.2) is 17.6 Å². The smallest absolute Gasteiger partial charge is 0.259 e. The quantitative estimate of drug-likeness (QED) is 0.543. The Labute approximate surface area is 172 Å². The van der Waals surface area contributed by atoms with Crippen LogP contribution in [0.5, 0.6) is 5.75 Å². The van der Waals surface area contributed by atoms with Crippen LogP contribution in [0.2, 0.25) is 0 Å². The van der Waals surface area contributed by atoms with E-state index in [1.54, 1.807) is 67.3 Å². The van der Waals surface area contributed by atoms with Gasteiger partial charge in [0, 0.05) is 12.4 Å². The molecule has 5 nitrogen and oxygen atoms in total. The minimum atomic E-state index is -0.637. The Balaban J connectivity index is 1.97. The molecule has 0 saturated carbocycles. The molecular formula is C24H19FN2O3. The van der Waals surface area contributed by atoms with Gasteiger partial charge in [-0.15, -0.1) is 0 Å². The van der Waals surface area contributed by atoms with Crippen LogP contribution in [0.25, 0.3) is 22.0 Å². The number of amides is 1. The highest BCUT2D eigenvalue weighted by molar-refractivity contribution is 6.07. The maximum Gasteiger partial charge on any atom is 0.259 e. The second-order valence-electron chi connectivity index (χ2n) is 6.79. The first-order valence-corrected chi connectivity index (χ1v) is 9.33. The van der Waals surface area contributed by atoms with E-state index in [1.807, 2.05) is 6.07 Å².